The lowest BCUT2D eigenvalue weighted by atomic mass is 10.0. The van der Waals surface area contributed by atoms with Crippen LogP contribution in [0.4, 0.5) is 0 Å². The predicted octanol–water partition coefficient (Wildman–Crippen LogP) is 0.0746. The van der Waals surface area contributed by atoms with E-state index >= 15 is 0 Å². The Morgan fingerprint density at radius 3 is 3.12 bits per heavy atom. The minimum Gasteiger partial charge on any atom is -0.330 e. The Hall–Kier alpha value is -0.940. The summed E-state index contributed by atoms with van der Waals surface area (Å²) in [6, 6.07) is 0.609. The molecule has 3 N–H and O–H groups in total. The summed E-state index contributed by atoms with van der Waals surface area (Å²) < 4.78 is 1.97. The number of nitrogens with one attached hydrogen (secondary N) is 1. The first-order chi connectivity index (χ1) is 7.81. The second-order valence-electron chi connectivity index (χ2n) is 4.60. The molecule has 1 fully saturated rings. The molecular formula is C11H21N5. The first kappa shape index (κ1) is 11.5. The van der Waals surface area contributed by atoms with E-state index in [1.165, 1.54) is 19.3 Å². The summed E-state index contributed by atoms with van der Waals surface area (Å²) in [5.41, 5.74) is 5.75. The van der Waals surface area contributed by atoms with E-state index in [9.17, 15) is 0 Å². The smallest absolute Gasteiger partial charge is 0.133 e. The van der Waals surface area contributed by atoms with Gasteiger partial charge in [-0.05, 0) is 25.3 Å². The molecule has 1 aliphatic rings. The molecule has 0 radical (unpaired) electrons. The molecule has 1 aliphatic carbocycles. The van der Waals surface area contributed by atoms with Gasteiger partial charge in [-0.15, -0.1) is 10.2 Å². The average Bonchev–Trinajstić information content (AvgIpc) is 2.88. The van der Waals surface area contributed by atoms with Crippen molar-refractivity contribution in [3.8, 4) is 0 Å². The van der Waals surface area contributed by atoms with Gasteiger partial charge in [0.05, 0.1) is 0 Å². The lowest BCUT2D eigenvalue weighted by Gasteiger charge is -2.19. The molecular weight excluding hydrogens is 202 g/mol. The third kappa shape index (κ3) is 2.59. The van der Waals surface area contributed by atoms with Gasteiger partial charge >= 0.3 is 0 Å². The third-order valence-electron chi connectivity index (χ3n) is 3.52. The van der Waals surface area contributed by atoms with Crippen molar-refractivity contribution in [3.05, 3.63) is 12.2 Å². The number of hydrogen-bond donors (Lipinski definition) is 2. The molecule has 0 bridgehead atoms. The Balaban J connectivity index is 1.74. The SMILES string of the molecule is Cn1cnnc1CCNC1CCCC1CN. The molecule has 0 aromatic carbocycles. The van der Waals surface area contributed by atoms with Crippen LogP contribution in [0.2, 0.25) is 0 Å². The maximum atomic E-state index is 5.75. The molecule has 2 rings (SSSR count). The van der Waals surface area contributed by atoms with E-state index in [4.69, 9.17) is 5.73 Å². The number of rotatable bonds is 5. The fourth-order valence-electron chi connectivity index (χ4n) is 2.49. The highest BCUT2D eigenvalue weighted by Gasteiger charge is 2.25. The maximum absolute atomic E-state index is 5.75. The van der Waals surface area contributed by atoms with Crippen LogP contribution in [-0.2, 0) is 13.5 Å². The monoisotopic (exact) mass is 223 g/mol. The Bertz CT molecular complexity index is 322. The van der Waals surface area contributed by atoms with Crippen LogP contribution >= 0.6 is 0 Å². The minimum absolute atomic E-state index is 0.609. The average molecular weight is 223 g/mol. The summed E-state index contributed by atoms with van der Waals surface area (Å²) in [6.07, 6.45) is 6.53. The van der Waals surface area contributed by atoms with Crippen molar-refractivity contribution < 1.29 is 0 Å². The van der Waals surface area contributed by atoms with E-state index in [0.717, 1.165) is 25.3 Å². The first-order valence-electron chi connectivity index (χ1n) is 6.07. The summed E-state index contributed by atoms with van der Waals surface area (Å²) in [4.78, 5) is 0. The van der Waals surface area contributed by atoms with Crippen LogP contribution in [0, 0.1) is 5.92 Å². The highest BCUT2D eigenvalue weighted by Crippen LogP contribution is 2.24. The summed E-state index contributed by atoms with van der Waals surface area (Å²) in [5, 5.41) is 11.5. The Morgan fingerprint density at radius 1 is 1.56 bits per heavy atom. The first-order valence-corrected chi connectivity index (χ1v) is 6.07. The van der Waals surface area contributed by atoms with Crippen LogP contribution in [0.1, 0.15) is 25.1 Å². The summed E-state index contributed by atoms with van der Waals surface area (Å²) in [5.74, 6) is 1.70. The Morgan fingerprint density at radius 2 is 2.44 bits per heavy atom. The molecule has 1 aromatic rings. The molecule has 5 heteroatoms. The van der Waals surface area contributed by atoms with Crippen molar-refractivity contribution in [2.24, 2.45) is 18.7 Å². The van der Waals surface area contributed by atoms with Gasteiger partial charge in [-0.3, -0.25) is 0 Å². The van der Waals surface area contributed by atoms with Crippen molar-refractivity contribution in [3.63, 3.8) is 0 Å². The van der Waals surface area contributed by atoms with Gasteiger partial charge in [0.1, 0.15) is 12.2 Å². The van der Waals surface area contributed by atoms with Crippen molar-refractivity contribution in [1.82, 2.24) is 20.1 Å². The van der Waals surface area contributed by atoms with Gasteiger partial charge in [0.2, 0.25) is 0 Å². The van der Waals surface area contributed by atoms with Gasteiger partial charge in [-0.25, -0.2) is 0 Å². The van der Waals surface area contributed by atoms with E-state index in [0.29, 0.717) is 12.0 Å². The molecule has 0 saturated heterocycles. The molecule has 1 aromatic heterocycles. The van der Waals surface area contributed by atoms with Crippen molar-refractivity contribution in [1.29, 1.82) is 0 Å². The number of aromatic nitrogens is 3. The van der Waals surface area contributed by atoms with Gasteiger partial charge < -0.3 is 15.6 Å². The van der Waals surface area contributed by atoms with E-state index in [1.807, 2.05) is 11.6 Å². The zero-order chi connectivity index (χ0) is 11.4. The Kier molecular flexibility index (Phi) is 3.90. The normalized spacial score (nSPS) is 25.1. The van der Waals surface area contributed by atoms with Crippen molar-refractivity contribution >= 4 is 0 Å². The lowest BCUT2D eigenvalue weighted by molar-refractivity contribution is 0.408. The van der Waals surface area contributed by atoms with Gasteiger partial charge in [-0.1, -0.05) is 6.42 Å². The lowest BCUT2D eigenvalue weighted by Crippen LogP contribution is -2.37. The van der Waals surface area contributed by atoms with Crippen LogP contribution in [0.15, 0.2) is 6.33 Å². The predicted molar refractivity (Wildman–Crippen MR) is 62.9 cm³/mol. The molecule has 1 saturated carbocycles. The molecule has 16 heavy (non-hydrogen) atoms. The molecule has 0 amide bonds. The maximum Gasteiger partial charge on any atom is 0.133 e. The van der Waals surface area contributed by atoms with Crippen LogP contribution in [0.3, 0.4) is 0 Å². The number of nitrogens with two attached hydrogens (primary N) is 1. The van der Waals surface area contributed by atoms with Crippen LogP contribution in [-0.4, -0.2) is 33.9 Å². The second-order valence-corrected chi connectivity index (χ2v) is 4.60. The summed E-state index contributed by atoms with van der Waals surface area (Å²) >= 11 is 0. The number of nitrogens with zero attached hydrogens (tertiary/aromatic N) is 3. The zero-order valence-electron chi connectivity index (χ0n) is 9.89. The highest BCUT2D eigenvalue weighted by atomic mass is 15.2. The van der Waals surface area contributed by atoms with Gasteiger partial charge in [0, 0.05) is 26.1 Å². The van der Waals surface area contributed by atoms with E-state index < -0.39 is 0 Å². The van der Waals surface area contributed by atoms with Crippen LogP contribution < -0.4 is 11.1 Å². The largest absolute Gasteiger partial charge is 0.330 e. The van der Waals surface area contributed by atoms with Gasteiger partial charge in [-0.2, -0.15) is 0 Å². The zero-order valence-corrected chi connectivity index (χ0v) is 9.89. The van der Waals surface area contributed by atoms with E-state index in [1.54, 1.807) is 6.33 Å². The van der Waals surface area contributed by atoms with Crippen LogP contribution in [0.5, 0.6) is 0 Å². The fraction of sp³-hybridized carbons (Fsp3) is 0.818. The molecule has 1 heterocycles. The molecule has 2 atom stereocenters. The van der Waals surface area contributed by atoms with Crippen LogP contribution in [0.25, 0.3) is 0 Å². The number of aryl methyl sites for hydroxylation is 1. The standard InChI is InChI=1S/C11H21N5/c1-16-8-14-15-11(16)5-6-13-10-4-2-3-9(10)7-12/h8-10,13H,2-7,12H2,1H3. The molecule has 90 valence electrons. The molecule has 0 aliphatic heterocycles. The van der Waals surface area contributed by atoms with Crippen molar-refractivity contribution in [2.75, 3.05) is 13.1 Å². The molecule has 2 unspecified atom stereocenters. The summed E-state index contributed by atoms with van der Waals surface area (Å²) in [6.45, 7) is 1.77. The topological polar surface area (TPSA) is 68.8 Å². The van der Waals surface area contributed by atoms with Crippen molar-refractivity contribution in [2.45, 2.75) is 31.7 Å². The highest BCUT2D eigenvalue weighted by molar-refractivity contribution is 4.88. The fourth-order valence-corrected chi connectivity index (χ4v) is 2.49. The van der Waals surface area contributed by atoms with Gasteiger partial charge in [0.15, 0.2) is 0 Å². The second kappa shape index (κ2) is 5.41. The quantitative estimate of drug-likeness (QED) is 0.741. The Labute approximate surface area is 96.4 Å². The minimum atomic E-state index is 0.609. The van der Waals surface area contributed by atoms with E-state index in [2.05, 4.69) is 15.5 Å². The van der Waals surface area contributed by atoms with Gasteiger partial charge in [0.25, 0.3) is 0 Å². The third-order valence-corrected chi connectivity index (χ3v) is 3.52. The summed E-state index contributed by atoms with van der Waals surface area (Å²) in [7, 11) is 1.98. The molecule has 5 nitrogen and oxygen atoms in total. The molecule has 0 spiro atoms. The number of hydrogen-bond acceptors (Lipinski definition) is 4. The van der Waals surface area contributed by atoms with E-state index in [-0.39, 0.29) is 0 Å².